The van der Waals surface area contributed by atoms with Crippen LogP contribution in [0, 0.1) is 6.92 Å². The molecule has 3 heterocycles. The molecule has 130 valence electrons. The summed E-state index contributed by atoms with van der Waals surface area (Å²) in [7, 11) is 0. The quantitative estimate of drug-likeness (QED) is 0.716. The van der Waals surface area contributed by atoms with Crippen molar-refractivity contribution in [3.05, 3.63) is 46.4 Å². The molecular weight excluding hydrogens is 334 g/mol. The van der Waals surface area contributed by atoms with Crippen LogP contribution in [-0.2, 0) is 0 Å². The molecule has 0 amide bonds. The third-order valence-electron chi connectivity index (χ3n) is 4.69. The molecule has 7 nitrogen and oxygen atoms in total. The van der Waals surface area contributed by atoms with E-state index in [2.05, 4.69) is 68.4 Å². The summed E-state index contributed by atoms with van der Waals surface area (Å²) in [4.78, 5) is 9.17. The van der Waals surface area contributed by atoms with E-state index in [1.807, 2.05) is 16.3 Å². The van der Waals surface area contributed by atoms with Gasteiger partial charge in [0, 0.05) is 37.8 Å². The van der Waals surface area contributed by atoms with Crippen molar-refractivity contribution >= 4 is 17.3 Å². The lowest BCUT2D eigenvalue weighted by molar-refractivity contribution is 0.197. The first kappa shape index (κ1) is 16.2. The summed E-state index contributed by atoms with van der Waals surface area (Å²) in [6, 6.07) is 8.62. The van der Waals surface area contributed by atoms with Crippen LogP contribution in [-0.4, -0.2) is 56.3 Å². The summed E-state index contributed by atoms with van der Waals surface area (Å²) >= 11 is 1.72. The highest BCUT2D eigenvalue weighted by Gasteiger charge is 2.26. The van der Waals surface area contributed by atoms with Crippen molar-refractivity contribution in [1.82, 2.24) is 30.1 Å². The van der Waals surface area contributed by atoms with E-state index in [1.54, 1.807) is 11.3 Å². The van der Waals surface area contributed by atoms with E-state index in [0.29, 0.717) is 6.04 Å². The second-order valence-electron chi connectivity index (χ2n) is 6.30. The van der Waals surface area contributed by atoms with Crippen LogP contribution in [0.4, 0.5) is 5.95 Å². The van der Waals surface area contributed by atoms with E-state index in [-0.39, 0.29) is 0 Å². The van der Waals surface area contributed by atoms with Gasteiger partial charge in [-0.15, -0.1) is 11.3 Å². The average molecular weight is 355 g/mol. The molecule has 0 saturated carbocycles. The first-order chi connectivity index (χ1) is 12.2. The number of hydrogen-bond donors (Lipinski definition) is 0. The molecule has 1 saturated heterocycles. The Morgan fingerprint density at radius 2 is 1.84 bits per heavy atom. The van der Waals surface area contributed by atoms with E-state index >= 15 is 0 Å². The fourth-order valence-electron chi connectivity index (χ4n) is 3.14. The Hall–Kier alpha value is -2.32. The van der Waals surface area contributed by atoms with Gasteiger partial charge >= 0.3 is 0 Å². The lowest BCUT2D eigenvalue weighted by Gasteiger charge is -2.37. The van der Waals surface area contributed by atoms with Crippen LogP contribution in [0.15, 0.2) is 35.8 Å². The van der Waals surface area contributed by atoms with Crippen molar-refractivity contribution < 1.29 is 0 Å². The van der Waals surface area contributed by atoms with Crippen molar-refractivity contribution in [2.75, 3.05) is 31.1 Å². The minimum absolute atomic E-state index is 0.357. The number of hydrogen-bond acceptors (Lipinski definition) is 7. The summed E-state index contributed by atoms with van der Waals surface area (Å²) in [6.07, 6.45) is 1.88. The van der Waals surface area contributed by atoms with Gasteiger partial charge in [-0.05, 0) is 36.4 Å². The number of thiazole rings is 1. The van der Waals surface area contributed by atoms with Gasteiger partial charge in [-0.1, -0.05) is 22.8 Å². The maximum absolute atomic E-state index is 4.45. The van der Waals surface area contributed by atoms with Crippen LogP contribution in [0.3, 0.4) is 0 Å². The third-order valence-corrected chi connectivity index (χ3v) is 5.63. The number of benzene rings is 1. The highest BCUT2D eigenvalue weighted by atomic mass is 32.1. The van der Waals surface area contributed by atoms with Crippen molar-refractivity contribution in [1.29, 1.82) is 0 Å². The number of aryl methyl sites for hydroxylation is 1. The van der Waals surface area contributed by atoms with Gasteiger partial charge in [-0.2, -0.15) is 4.68 Å². The number of nitrogens with zero attached hydrogens (tertiary/aromatic N) is 7. The van der Waals surface area contributed by atoms with Crippen LogP contribution < -0.4 is 4.90 Å². The van der Waals surface area contributed by atoms with Crippen LogP contribution in [0.25, 0.3) is 5.69 Å². The molecule has 1 aliphatic rings. The minimum Gasteiger partial charge on any atom is -0.337 e. The topological polar surface area (TPSA) is 63.0 Å². The summed E-state index contributed by atoms with van der Waals surface area (Å²) in [5.74, 6) is 0.811. The lowest BCUT2D eigenvalue weighted by atomic mass is 10.2. The Labute approximate surface area is 150 Å². The van der Waals surface area contributed by atoms with E-state index in [1.165, 1.54) is 10.6 Å². The number of rotatable bonds is 4. The second-order valence-corrected chi connectivity index (χ2v) is 7.22. The van der Waals surface area contributed by atoms with E-state index < -0.39 is 0 Å². The predicted octanol–water partition coefficient (Wildman–Crippen LogP) is 2.31. The van der Waals surface area contributed by atoms with Crippen molar-refractivity contribution in [3.63, 3.8) is 0 Å². The molecule has 0 radical (unpaired) electrons. The van der Waals surface area contributed by atoms with Crippen LogP contribution >= 0.6 is 11.3 Å². The molecule has 0 spiro atoms. The predicted molar refractivity (Wildman–Crippen MR) is 98.2 cm³/mol. The Kier molecular flexibility index (Phi) is 4.46. The number of aromatic nitrogens is 5. The van der Waals surface area contributed by atoms with Crippen molar-refractivity contribution in [2.24, 2.45) is 0 Å². The van der Waals surface area contributed by atoms with Gasteiger partial charge in [-0.25, -0.2) is 4.98 Å². The molecule has 0 aliphatic carbocycles. The molecule has 4 rings (SSSR count). The summed E-state index contributed by atoms with van der Waals surface area (Å²) in [5.41, 5.74) is 2.22. The second kappa shape index (κ2) is 6.89. The minimum atomic E-state index is 0.357. The van der Waals surface area contributed by atoms with E-state index in [4.69, 9.17) is 0 Å². The van der Waals surface area contributed by atoms with Gasteiger partial charge in [0.05, 0.1) is 11.7 Å². The largest absolute Gasteiger partial charge is 0.337 e. The highest BCUT2D eigenvalue weighted by molar-refractivity contribution is 7.09. The molecule has 0 N–H and O–H groups in total. The Morgan fingerprint density at radius 1 is 1.08 bits per heavy atom. The van der Waals surface area contributed by atoms with Gasteiger partial charge in [0.2, 0.25) is 5.95 Å². The van der Waals surface area contributed by atoms with Gasteiger partial charge in [0.25, 0.3) is 0 Å². The normalized spacial score (nSPS) is 17.0. The molecule has 1 fully saturated rings. The van der Waals surface area contributed by atoms with Crippen LogP contribution in [0.2, 0.25) is 0 Å². The summed E-state index contributed by atoms with van der Waals surface area (Å²) in [5, 5.41) is 15.5. The highest BCUT2D eigenvalue weighted by Crippen LogP contribution is 2.25. The third kappa shape index (κ3) is 3.27. The average Bonchev–Trinajstić information content (AvgIpc) is 3.34. The van der Waals surface area contributed by atoms with Gasteiger partial charge in [-0.3, -0.25) is 4.90 Å². The monoisotopic (exact) mass is 355 g/mol. The van der Waals surface area contributed by atoms with Crippen LogP contribution in [0.1, 0.15) is 23.5 Å². The molecule has 1 aromatic carbocycles. The zero-order valence-electron chi connectivity index (χ0n) is 14.4. The molecule has 0 bridgehead atoms. The van der Waals surface area contributed by atoms with Gasteiger partial charge in [0.1, 0.15) is 5.01 Å². The van der Waals surface area contributed by atoms with E-state index in [0.717, 1.165) is 37.8 Å². The van der Waals surface area contributed by atoms with Crippen LogP contribution in [0.5, 0.6) is 0 Å². The molecular formula is C17H21N7S. The molecule has 1 atom stereocenters. The maximum Gasteiger partial charge on any atom is 0.250 e. The Balaban J connectivity index is 1.47. The van der Waals surface area contributed by atoms with Gasteiger partial charge in [0.15, 0.2) is 0 Å². The fourth-order valence-corrected chi connectivity index (χ4v) is 3.87. The maximum atomic E-state index is 4.45. The number of tetrazole rings is 1. The standard InChI is InChI=1S/C17H21N7S/c1-13-3-5-15(6-4-13)24-17(19-20-21-24)23-10-8-22(9-11-23)14(2)16-18-7-12-25-16/h3-7,12,14H,8-11H2,1-2H3. The molecule has 25 heavy (non-hydrogen) atoms. The number of anilines is 1. The number of piperazine rings is 1. The smallest absolute Gasteiger partial charge is 0.250 e. The fraction of sp³-hybridized carbons (Fsp3) is 0.412. The lowest BCUT2D eigenvalue weighted by Crippen LogP contribution is -2.48. The molecule has 1 unspecified atom stereocenters. The zero-order valence-corrected chi connectivity index (χ0v) is 15.2. The van der Waals surface area contributed by atoms with Crippen molar-refractivity contribution in [3.8, 4) is 5.69 Å². The summed E-state index contributed by atoms with van der Waals surface area (Å²) < 4.78 is 1.82. The Morgan fingerprint density at radius 3 is 2.52 bits per heavy atom. The molecule has 8 heteroatoms. The van der Waals surface area contributed by atoms with Gasteiger partial charge < -0.3 is 4.90 Å². The van der Waals surface area contributed by atoms with Crippen molar-refractivity contribution in [2.45, 2.75) is 19.9 Å². The molecule has 1 aliphatic heterocycles. The first-order valence-corrected chi connectivity index (χ1v) is 9.34. The molecule has 3 aromatic rings. The SMILES string of the molecule is Cc1ccc(-n2nnnc2N2CCN(C(C)c3nccs3)CC2)cc1. The first-order valence-electron chi connectivity index (χ1n) is 8.46. The molecule has 2 aromatic heterocycles. The van der Waals surface area contributed by atoms with E-state index in [9.17, 15) is 0 Å². The Bertz CT molecular complexity index is 804. The summed E-state index contributed by atoms with van der Waals surface area (Å²) in [6.45, 7) is 8.06. The zero-order chi connectivity index (χ0) is 17.2.